The molecule has 0 bridgehead atoms. The first kappa shape index (κ1) is 13.7. The van der Waals surface area contributed by atoms with Crippen LogP contribution in [0.25, 0.3) is 0 Å². The molecule has 0 spiro atoms. The van der Waals surface area contributed by atoms with Crippen LogP contribution in [-0.4, -0.2) is 18.5 Å². The molecule has 0 unspecified atom stereocenters. The largest absolute Gasteiger partial charge is 0.416 e. The van der Waals surface area contributed by atoms with Crippen LogP contribution in [0.2, 0.25) is 0 Å². The van der Waals surface area contributed by atoms with Gasteiger partial charge in [-0.15, -0.1) is 0 Å². The Hall–Kier alpha value is -1.72. The molecule has 1 aromatic carbocycles. The van der Waals surface area contributed by atoms with E-state index in [1.54, 1.807) is 0 Å². The van der Waals surface area contributed by atoms with Gasteiger partial charge in [-0.05, 0) is 37.5 Å². The maximum absolute atomic E-state index is 12.7. The Morgan fingerprint density at radius 1 is 1.37 bits per heavy atom. The highest BCUT2D eigenvalue weighted by atomic mass is 19.4. The second kappa shape index (κ2) is 5.11. The number of hydrogen-bond acceptors (Lipinski definition) is 2. The van der Waals surface area contributed by atoms with Gasteiger partial charge in [-0.1, -0.05) is 6.07 Å². The van der Waals surface area contributed by atoms with E-state index in [0.717, 1.165) is 18.9 Å². The van der Waals surface area contributed by atoms with Gasteiger partial charge in [-0.25, -0.2) is 0 Å². The Bertz CT molecular complexity index is 481. The van der Waals surface area contributed by atoms with E-state index >= 15 is 0 Å². The highest BCUT2D eigenvalue weighted by Gasteiger charge is 2.32. The number of carbonyl (C=O) groups is 1. The molecule has 0 heterocycles. The second-order valence-electron chi connectivity index (χ2n) is 4.72. The van der Waals surface area contributed by atoms with E-state index in [4.69, 9.17) is 0 Å². The SMILES string of the molecule is Cc1ccc(NCC(=O)NC2CC2)cc1C(F)(F)F. The van der Waals surface area contributed by atoms with E-state index in [2.05, 4.69) is 10.6 Å². The van der Waals surface area contributed by atoms with Gasteiger partial charge in [0.05, 0.1) is 12.1 Å². The smallest absolute Gasteiger partial charge is 0.376 e. The molecule has 0 saturated heterocycles. The van der Waals surface area contributed by atoms with Gasteiger partial charge in [-0.3, -0.25) is 4.79 Å². The van der Waals surface area contributed by atoms with Crippen LogP contribution < -0.4 is 10.6 Å². The molecule has 0 aromatic heterocycles. The molecule has 1 aromatic rings. The number of amides is 1. The first-order valence-electron chi connectivity index (χ1n) is 6.07. The molecule has 0 atom stereocenters. The van der Waals surface area contributed by atoms with Gasteiger partial charge in [-0.2, -0.15) is 13.2 Å². The molecule has 0 radical (unpaired) electrons. The summed E-state index contributed by atoms with van der Waals surface area (Å²) in [4.78, 5) is 11.4. The third-order valence-electron chi connectivity index (χ3n) is 2.94. The lowest BCUT2D eigenvalue weighted by Gasteiger charge is -2.13. The van der Waals surface area contributed by atoms with Gasteiger partial charge in [0.25, 0.3) is 0 Å². The van der Waals surface area contributed by atoms with Crippen molar-refractivity contribution in [3.63, 3.8) is 0 Å². The van der Waals surface area contributed by atoms with Crippen LogP contribution in [0.1, 0.15) is 24.0 Å². The summed E-state index contributed by atoms with van der Waals surface area (Å²) < 4.78 is 38.1. The lowest BCUT2D eigenvalue weighted by molar-refractivity contribution is -0.138. The lowest BCUT2D eigenvalue weighted by atomic mass is 10.1. The zero-order valence-corrected chi connectivity index (χ0v) is 10.5. The zero-order chi connectivity index (χ0) is 14.0. The normalized spacial score (nSPS) is 15.2. The topological polar surface area (TPSA) is 41.1 Å². The van der Waals surface area contributed by atoms with Crippen LogP contribution in [0, 0.1) is 6.92 Å². The fourth-order valence-corrected chi connectivity index (χ4v) is 1.73. The van der Waals surface area contributed by atoms with Gasteiger partial charge < -0.3 is 10.6 Å². The highest BCUT2D eigenvalue weighted by Crippen LogP contribution is 2.33. The number of rotatable bonds is 4. The van der Waals surface area contributed by atoms with Crippen LogP contribution in [0.5, 0.6) is 0 Å². The van der Waals surface area contributed by atoms with Crippen molar-refractivity contribution in [1.82, 2.24) is 5.32 Å². The monoisotopic (exact) mass is 272 g/mol. The number of halogens is 3. The van der Waals surface area contributed by atoms with Crippen molar-refractivity contribution in [3.8, 4) is 0 Å². The molecule has 2 N–H and O–H groups in total. The molecule has 104 valence electrons. The Labute approximate surface area is 109 Å². The average Bonchev–Trinajstić information content (AvgIpc) is 3.10. The quantitative estimate of drug-likeness (QED) is 0.884. The number of anilines is 1. The molecule has 1 fully saturated rings. The maximum atomic E-state index is 12.7. The summed E-state index contributed by atoms with van der Waals surface area (Å²) in [5, 5.41) is 5.46. The second-order valence-corrected chi connectivity index (χ2v) is 4.72. The van der Waals surface area contributed by atoms with Gasteiger partial charge in [0.15, 0.2) is 0 Å². The summed E-state index contributed by atoms with van der Waals surface area (Å²) in [5.41, 5.74) is -0.218. The summed E-state index contributed by atoms with van der Waals surface area (Å²) in [7, 11) is 0. The predicted molar refractivity (Wildman–Crippen MR) is 65.8 cm³/mol. The minimum absolute atomic E-state index is 0.0170. The van der Waals surface area contributed by atoms with E-state index in [1.807, 2.05) is 0 Å². The first-order valence-corrected chi connectivity index (χ1v) is 6.07. The van der Waals surface area contributed by atoms with E-state index < -0.39 is 11.7 Å². The van der Waals surface area contributed by atoms with Crippen molar-refractivity contribution >= 4 is 11.6 Å². The van der Waals surface area contributed by atoms with E-state index in [0.29, 0.717) is 5.69 Å². The molecule has 6 heteroatoms. The number of benzene rings is 1. The summed E-state index contributed by atoms with van der Waals surface area (Å²) in [5.74, 6) is -0.198. The number of alkyl halides is 3. The molecule has 2 rings (SSSR count). The summed E-state index contributed by atoms with van der Waals surface area (Å²) >= 11 is 0. The highest BCUT2D eigenvalue weighted by molar-refractivity contribution is 5.81. The molecular formula is C13H15F3N2O. The minimum Gasteiger partial charge on any atom is -0.376 e. The molecule has 1 aliphatic rings. The summed E-state index contributed by atoms with van der Waals surface area (Å²) in [6, 6.07) is 4.21. The number of hydrogen-bond donors (Lipinski definition) is 2. The van der Waals surface area contributed by atoms with E-state index in [1.165, 1.54) is 19.1 Å². The van der Waals surface area contributed by atoms with E-state index in [-0.39, 0.29) is 24.1 Å². The van der Waals surface area contributed by atoms with Crippen molar-refractivity contribution in [2.24, 2.45) is 0 Å². The fraction of sp³-hybridized carbons (Fsp3) is 0.462. The Morgan fingerprint density at radius 3 is 2.63 bits per heavy atom. The fourth-order valence-electron chi connectivity index (χ4n) is 1.73. The number of carbonyl (C=O) groups excluding carboxylic acids is 1. The molecule has 19 heavy (non-hydrogen) atoms. The van der Waals surface area contributed by atoms with Crippen molar-refractivity contribution in [1.29, 1.82) is 0 Å². The molecule has 0 aliphatic heterocycles. The Kier molecular flexibility index (Phi) is 3.68. The maximum Gasteiger partial charge on any atom is 0.416 e. The lowest BCUT2D eigenvalue weighted by Crippen LogP contribution is -2.31. The Morgan fingerprint density at radius 2 is 2.05 bits per heavy atom. The zero-order valence-electron chi connectivity index (χ0n) is 10.5. The average molecular weight is 272 g/mol. The van der Waals surface area contributed by atoms with Gasteiger partial charge >= 0.3 is 6.18 Å². The molecule has 1 saturated carbocycles. The Balaban J connectivity index is 1.98. The molecular weight excluding hydrogens is 257 g/mol. The molecule has 3 nitrogen and oxygen atoms in total. The number of aryl methyl sites for hydroxylation is 1. The van der Waals surface area contributed by atoms with Gasteiger partial charge in [0.2, 0.25) is 5.91 Å². The third-order valence-corrected chi connectivity index (χ3v) is 2.94. The summed E-state index contributed by atoms with van der Waals surface area (Å²) in [6.45, 7) is 1.39. The van der Waals surface area contributed by atoms with Crippen LogP contribution in [0.3, 0.4) is 0 Å². The summed E-state index contributed by atoms with van der Waals surface area (Å²) in [6.07, 6.45) is -2.42. The van der Waals surface area contributed by atoms with Crippen molar-refractivity contribution < 1.29 is 18.0 Å². The third kappa shape index (κ3) is 3.87. The molecule has 1 aliphatic carbocycles. The molecule has 1 amide bonds. The van der Waals surface area contributed by atoms with Gasteiger partial charge in [0.1, 0.15) is 0 Å². The van der Waals surface area contributed by atoms with Crippen molar-refractivity contribution in [3.05, 3.63) is 29.3 Å². The van der Waals surface area contributed by atoms with Crippen molar-refractivity contribution in [2.75, 3.05) is 11.9 Å². The van der Waals surface area contributed by atoms with Gasteiger partial charge in [0, 0.05) is 11.7 Å². The number of nitrogens with one attached hydrogen (secondary N) is 2. The van der Waals surface area contributed by atoms with Crippen LogP contribution >= 0.6 is 0 Å². The standard InChI is InChI=1S/C13H15F3N2O/c1-8-2-3-10(6-11(8)13(14,15)16)17-7-12(19)18-9-4-5-9/h2-3,6,9,17H,4-5,7H2,1H3,(H,18,19). The predicted octanol–water partition coefficient (Wildman–Crippen LogP) is 2.70. The van der Waals surface area contributed by atoms with Crippen LogP contribution in [-0.2, 0) is 11.0 Å². The minimum atomic E-state index is -4.38. The van der Waals surface area contributed by atoms with Crippen LogP contribution in [0.4, 0.5) is 18.9 Å². The van der Waals surface area contributed by atoms with E-state index in [9.17, 15) is 18.0 Å². The first-order chi connectivity index (χ1) is 8.86. The van der Waals surface area contributed by atoms with Crippen LogP contribution in [0.15, 0.2) is 18.2 Å². The van der Waals surface area contributed by atoms with Crippen molar-refractivity contribution in [2.45, 2.75) is 32.0 Å².